The fourth-order valence-corrected chi connectivity index (χ4v) is 2.19. The van der Waals surface area contributed by atoms with E-state index in [9.17, 15) is 18.0 Å². The van der Waals surface area contributed by atoms with Crippen molar-refractivity contribution in [2.45, 2.75) is 19.2 Å². The second-order valence-corrected chi connectivity index (χ2v) is 5.46. The van der Waals surface area contributed by atoms with Gasteiger partial charge in [-0.3, -0.25) is 4.79 Å². The number of nitrogens with one attached hydrogen (secondary N) is 1. The number of rotatable bonds is 4. The van der Waals surface area contributed by atoms with Gasteiger partial charge in [0, 0.05) is 5.69 Å². The second-order valence-electron chi connectivity index (χ2n) is 5.05. The fourth-order valence-electron chi connectivity index (χ4n) is 1.97. The van der Waals surface area contributed by atoms with Gasteiger partial charge in [0.1, 0.15) is 11.8 Å². The van der Waals surface area contributed by atoms with E-state index in [1.165, 1.54) is 25.1 Å². The van der Waals surface area contributed by atoms with Crippen LogP contribution in [0.25, 0.3) is 0 Å². The van der Waals surface area contributed by atoms with Crippen LogP contribution in [0.4, 0.5) is 18.9 Å². The lowest BCUT2D eigenvalue weighted by Gasteiger charge is -2.16. The number of nitrogens with zero attached hydrogens (tertiary/aromatic N) is 1. The molecule has 0 saturated carbocycles. The first-order valence-electron chi connectivity index (χ1n) is 7.05. The molecule has 1 amide bonds. The number of nitriles is 1. The number of ether oxygens (including phenoxy) is 1. The van der Waals surface area contributed by atoms with E-state index in [-0.39, 0.29) is 17.0 Å². The van der Waals surface area contributed by atoms with Crippen molar-refractivity contribution in [2.24, 2.45) is 0 Å². The van der Waals surface area contributed by atoms with Crippen LogP contribution in [0, 0.1) is 11.3 Å². The van der Waals surface area contributed by atoms with Crippen LogP contribution in [0.5, 0.6) is 5.75 Å². The SMILES string of the molecule is CC(Oc1ccccc1C#N)C(=O)Nc1ccc(Cl)c(C(F)(F)F)c1. The summed E-state index contributed by atoms with van der Waals surface area (Å²) in [7, 11) is 0. The minimum atomic E-state index is -4.63. The minimum absolute atomic E-state index is 0.0641. The first kappa shape index (κ1) is 18.6. The van der Waals surface area contributed by atoms with Gasteiger partial charge < -0.3 is 10.1 Å². The monoisotopic (exact) mass is 368 g/mol. The fraction of sp³-hybridized carbons (Fsp3) is 0.176. The third kappa shape index (κ3) is 4.64. The zero-order valence-corrected chi connectivity index (χ0v) is 13.7. The Labute approximate surface area is 146 Å². The van der Waals surface area contributed by atoms with Gasteiger partial charge in [-0.1, -0.05) is 23.7 Å². The highest BCUT2D eigenvalue weighted by Crippen LogP contribution is 2.36. The molecule has 0 bridgehead atoms. The molecule has 1 unspecified atom stereocenters. The average Bonchev–Trinajstić information content (AvgIpc) is 2.56. The number of halogens is 4. The van der Waals surface area contributed by atoms with Gasteiger partial charge in [0.2, 0.25) is 0 Å². The number of benzene rings is 2. The van der Waals surface area contributed by atoms with E-state index in [4.69, 9.17) is 21.6 Å². The summed E-state index contributed by atoms with van der Waals surface area (Å²) in [5, 5.41) is 10.9. The van der Waals surface area contributed by atoms with Crippen molar-refractivity contribution in [1.82, 2.24) is 0 Å². The van der Waals surface area contributed by atoms with Crippen molar-refractivity contribution >= 4 is 23.2 Å². The molecule has 8 heteroatoms. The zero-order chi connectivity index (χ0) is 18.6. The molecule has 2 aromatic rings. The van der Waals surface area contributed by atoms with Crippen molar-refractivity contribution in [2.75, 3.05) is 5.32 Å². The first-order chi connectivity index (χ1) is 11.7. The molecule has 0 aliphatic carbocycles. The standard InChI is InChI=1S/C17H12ClF3N2O2/c1-10(25-15-5-3-2-4-11(15)9-22)16(24)23-12-6-7-14(18)13(8-12)17(19,20)21/h2-8,10H,1H3,(H,23,24). The number of para-hydroxylation sites is 1. The molecule has 0 spiro atoms. The van der Waals surface area contributed by atoms with E-state index in [0.29, 0.717) is 0 Å². The van der Waals surface area contributed by atoms with E-state index in [2.05, 4.69) is 5.32 Å². The molecule has 0 fully saturated rings. The van der Waals surface area contributed by atoms with E-state index in [1.54, 1.807) is 12.1 Å². The average molecular weight is 369 g/mol. The van der Waals surface area contributed by atoms with Crippen LogP contribution in [0.2, 0.25) is 5.02 Å². The topological polar surface area (TPSA) is 62.1 Å². The molecule has 2 rings (SSSR count). The van der Waals surface area contributed by atoms with Gasteiger partial charge >= 0.3 is 6.18 Å². The lowest BCUT2D eigenvalue weighted by molar-refractivity contribution is -0.137. The maximum Gasteiger partial charge on any atom is 0.417 e. The number of alkyl halides is 3. The van der Waals surface area contributed by atoms with E-state index >= 15 is 0 Å². The van der Waals surface area contributed by atoms with Crippen LogP contribution in [0.3, 0.4) is 0 Å². The number of hydrogen-bond acceptors (Lipinski definition) is 3. The number of carbonyl (C=O) groups excluding carboxylic acids is 1. The molecule has 1 atom stereocenters. The van der Waals surface area contributed by atoms with Gasteiger partial charge in [0.15, 0.2) is 6.10 Å². The molecule has 1 N–H and O–H groups in total. The molecule has 0 aromatic heterocycles. The van der Waals surface area contributed by atoms with Gasteiger partial charge in [-0.15, -0.1) is 0 Å². The molecule has 4 nitrogen and oxygen atoms in total. The van der Waals surface area contributed by atoms with E-state index in [1.807, 2.05) is 6.07 Å². The molecule has 0 aliphatic heterocycles. The Morgan fingerprint density at radius 3 is 2.60 bits per heavy atom. The van der Waals surface area contributed by atoms with Gasteiger partial charge in [0.05, 0.1) is 16.1 Å². The molecule has 0 heterocycles. The Kier molecular flexibility index (Phi) is 5.55. The Balaban J connectivity index is 2.13. The summed E-state index contributed by atoms with van der Waals surface area (Å²) in [5.41, 5.74) is -0.867. The quantitative estimate of drug-likeness (QED) is 0.855. The lowest BCUT2D eigenvalue weighted by atomic mass is 10.2. The number of amides is 1. The maximum absolute atomic E-state index is 12.8. The molecule has 0 aliphatic rings. The summed E-state index contributed by atoms with van der Waals surface area (Å²) in [4.78, 5) is 12.1. The van der Waals surface area contributed by atoms with Crippen LogP contribution in [0.15, 0.2) is 42.5 Å². The highest BCUT2D eigenvalue weighted by atomic mass is 35.5. The molecule has 25 heavy (non-hydrogen) atoms. The Morgan fingerprint density at radius 2 is 1.96 bits per heavy atom. The summed E-state index contributed by atoms with van der Waals surface area (Å²) < 4.78 is 43.9. The summed E-state index contributed by atoms with van der Waals surface area (Å²) in [6.45, 7) is 1.42. The van der Waals surface area contributed by atoms with Crippen LogP contribution in [-0.2, 0) is 11.0 Å². The smallest absolute Gasteiger partial charge is 0.417 e. The Morgan fingerprint density at radius 1 is 1.28 bits per heavy atom. The molecule has 130 valence electrons. The Hall–Kier alpha value is -2.72. The minimum Gasteiger partial charge on any atom is -0.480 e. The predicted octanol–water partition coefficient (Wildman–Crippen LogP) is 4.64. The first-order valence-corrected chi connectivity index (χ1v) is 7.43. The van der Waals surface area contributed by atoms with Crippen molar-refractivity contribution in [3.63, 3.8) is 0 Å². The number of carbonyl (C=O) groups is 1. The van der Waals surface area contributed by atoms with Crippen molar-refractivity contribution in [3.05, 3.63) is 58.6 Å². The summed E-state index contributed by atoms with van der Waals surface area (Å²) in [5.74, 6) is -0.456. The van der Waals surface area contributed by atoms with Crippen LogP contribution >= 0.6 is 11.6 Å². The van der Waals surface area contributed by atoms with Gasteiger partial charge in [-0.25, -0.2) is 0 Å². The van der Waals surface area contributed by atoms with Gasteiger partial charge in [0.25, 0.3) is 5.91 Å². The predicted molar refractivity (Wildman–Crippen MR) is 86.3 cm³/mol. The van der Waals surface area contributed by atoms with Crippen molar-refractivity contribution in [1.29, 1.82) is 5.26 Å². The normalized spacial score (nSPS) is 12.2. The summed E-state index contributed by atoms with van der Waals surface area (Å²) in [6.07, 6.45) is -5.66. The van der Waals surface area contributed by atoms with E-state index in [0.717, 1.165) is 12.1 Å². The largest absolute Gasteiger partial charge is 0.480 e. The lowest BCUT2D eigenvalue weighted by Crippen LogP contribution is -2.30. The molecular formula is C17H12ClF3N2O2. The van der Waals surface area contributed by atoms with Gasteiger partial charge in [-0.2, -0.15) is 18.4 Å². The number of hydrogen-bond donors (Lipinski definition) is 1. The summed E-state index contributed by atoms with van der Waals surface area (Å²) in [6, 6.07) is 11.3. The third-order valence-electron chi connectivity index (χ3n) is 3.22. The second kappa shape index (κ2) is 7.45. The highest BCUT2D eigenvalue weighted by Gasteiger charge is 2.33. The highest BCUT2D eigenvalue weighted by molar-refractivity contribution is 6.31. The Bertz CT molecular complexity index is 831. The maximum atomic E-state index is 12.8. The van der Waals surface area contributed by atoms with Crippen LogP contribution in [0.1, 0.15) is 18.1 Å². The molecular weight excluding hydrogens is 357 g/mol. The van der Waals surface area contributed by atoms with Crippen LogP contribution < -0.4 is 10.1 Å². The molecule has 0 saturated heterocycles. The number of anilines is 1. The van der Waals surface area contributed by atoms with Crippen LogP contribution in [-0.4, -0.2) is 12.0 Å². The molecule has 0 radical (unpaired) electrons. The molecule has 2 aromatic carbocycles. The van der Waals surface area contributed by atoms with Crippen molar-refractivity contribution < 1.29 is 22.7 Å². The zero-order valence-electron chi connectivity index (χ0n) is 12.9. The van der Waals surface area contributed by atoms with E-state index < -0.39 is 28.8 Å². The van der Waals surface area contributed by atoms with Gasteiger partial charge in [-0.05, 0) is 37.3 Å². The van der Waals surface area contributed by atoms with Crippen molar-refractivity contribution in [3.8, 4) is 11.8 Å². The summed E-state index contributed by atoms with van der Waals surface area (Å²) >= 11 is 5.53. The third-order valence-corrected chi connectivity index (χ3v) is 3.55.